The molecule has 0 bridgehead atoms. The van der Waals surface area contributed by atoms with Crippen molar-refractivity contribution in [3.8, 4) is 0 Å². The molecule has 0 aromatic rings. The van der Waals surface area contributed by atoms with E-state index in [0.717, 1.165) is 0 Å². The van der Waals surface area contributed by atoms with Gasteiger partial charge in [-0.1, -0.05) is 27.2 Å². The van der Waals surface area contributed by atoms with Crippen LogP contribution in [0.3, 0.4) is 0 Å². The Kier molecular flexibility index (Phi) is 4.90. The molecule has 1 fully saturated rings. The summed E-state index contributed by atoms with van der Waals surface area (Å²) < 4.78 is 0. The molecule has 0 spiro atoms. The Morgan fingerprint density at radius 3 is 2.36 bits per heavy atom. The van der Waals surface area contributed by atoms with Crippen LogP contribution >= 0.6 is 0 Å². The maximum Gasteiger partial charge on any atom is 0.0309 e. The maximum atomic E-state index is 3.73. The summed E-state index contributed by atoms with van der Waals surface area (Å²) in [6, 6.07) is 0. The predicted molar refractivity (Wildman–Crippen MR) is 62.7 cm³/mol. The third-order valence-electron chi connectivity index (χ3n) is 3.48. The molecule has 0 radical (unpaired) electrons. The van der Waals surface area contributed by atoms with E-state index in [0.29, 0.717) is 5.54 Å². The van der Waals surface area contributed by atoms with Crippen molar-refractivity contribution in [2.45, 2.75) is 52.0 Å². The van der Waals surface area contributed by atoms with E-state index in [4.69, 9.17) is 0 Å². The number of hydrogen-bond acceptors (Lipinski definition) is 2. The van der Waals surface area contributed by atoms with Crippen LogP contribution in [0.5, 0.6) is 0 Å². The van der Waals surface area contributed by atoms with E-state index in [9.17, 15) is 0 Å². The highest BCUT2D eigenvalue weighted by molar-refractivity contribution is 4.94. The van der Waals surface area contributed by atoms with Gasteiger partial charge < -0.3 is 10.2 Å². The molecule has 1 saturated heterocycles. The van der Waals surface area contributed by atoms with E-state index in [1.165, 1.54) is 51.9 Å². The Labute approximate surface area is 89.1 Å². The van der Waals surface area contributed by atoms with Gasteiger partial charge in [0.2, 0.25) is 0 Å². The van der Waals surface area contributed by atoms with Crippen molar-refractivity contribution in [1.29, 1.82) is 0 Å². The van der Waals surface area contributed by atoms with Crippen LogP contribution in [-0.4, -0.2) is 36.6 Å². The van der Waals surface area contributed by atoms with Crippen molar-refractivity contribution in [3.05, 3.63) is 0 Å². The molecule has 0 aromatic heterocycles. The first-order chi connectivity index (χ1) is 6.76. The fourth-order valence-electron chi connectivity index (χ4n) is 2.65. The Bertz CT molecular complexity index is 146. The molecule has 0 aliphatic carbocycles. The van der Waals surface area contributed by atoms with E-state index in [2.05, 4.69) is 31.0 Å². The van der Waals surface area contributed by atoms with Gasteiger partial charge in [0, 0.05) is 12.1 Å². The van der Waals surface area contributed by atoms with E-state index in [1.54, 1.807) is 0 Å². The van der Waals surface area contributed by atoms with Crippen molar-refractivity contribution in [1.82, 2.24) is 10.2 Å². The summed E-state index contributed by atoms with van der Waals surface area (Å²) in [6.07, 6.45) is 5.37. The molecule has 0 amide bonds. The lowest BCUT2D eigenvalue weighted by Gasteiger charge is -2.34. The van der Waals surface area contributed by atoms with Crippen LogP contribution in [0.25, 0.3) is 0 Å². The van der Waals surface area contributed by atoms with Crippen LogP contribution in [0.1, 0.15) is 46.5 Å². The smallest absolute Gasteiger partial charge is 0.0309 e. The third kappa shape index (κ3) is 2.96. The topological polar surface area (TPSA) is 15.3 Å². The molecule has 2 heteroatoms. The molecule has 0 saturated carbocycles. The number of nitrogens with one attached hydrogen (secondary N) is 1. The summed E-state index contributed by atoms with van der Waals surface area (Å²) in [4.78, 5) is 2.55. The zero-order valence-corrected chi connectivity index (χ0v) is 10.1. The SMILES string of the molecule is CCCC1(CN(CC)CC)CCCN1. The summed E-state index contributed by atoms with van der Waals surface area (Å²) in [5.41, 5.74) is 0.445. The predicted octanol–water partition coefficient (Wildman–Crippen LogP) is 2.25. The van der Waals surface area contributed by atoms with Crippen molar-refractivity contribution < 1.29 is 0 Å². The van der Waals surface area contributed by atoms with Crippen LogP contribution < -0.4 is 5.32 Å². The number of nitrogens with zero attached hydrogens (tertiary/aromatic N) is 1. The molecule has 1 rings (SSSR count). The summed E-state index contributed by atoms with van der Waals surface area (Å²) in [5.74, 6) is 0. The lowest BCUT2D eigenvalue weighted by atomic mass is 9.91. The molecule has 2 nitrogen and oxygen atoms in total. The zero-order chi connectivity index (χ0) is 10.4. The van der Waals surface area contributed by atoms with E-state index in [1.807, 2.05) is 0 Å². The van der Waals surface area contributed by atoms with Crippen molar-refractivity contribution in [2.75, 3.05) is 26.2 Å². The Morgan fingerprint density at radius 2 is 1.93 bits per heavy atom. The largest absolute Gasteiger partial charge is 0.310 e. The first kappa shape index (κ1) is 12.0. The highest BCUT2D eigenvalue weighted by Gasteiger charge is 2.33. The van der Waals surface area contributed by atoms with Crippen LogP contribution in [0.15, 0.2) is 0 Å². The first-order valence-electron chi connectivity index (χ1n) is 6.23. The van der Waals surface area contributed by atoms with Gasteiger partial charge in [-0.15, -0.1) is 0 Å². The molecular formula is C12H26N2. The van der Waals surface area contributed by atoms with Crippen LogP contribution in [-0.2, 0) is 0 Å². The number of rotatable bonds is 6. The lowest BCUT2D eigenvalue weighted by molar-refractivity contribution is 0.197. The lowest BCUT2D eigenvalue weighted by Crippen LogP contribution is -2.49. The summed E-state index contributed by atoms with van der Waals surface area (Å²) in [5, 5.41) is 3.73. The second-order valence-corrected chi connectivity index (χ2v) is 4.52. The Hall–Kier alpha value is -0.0800. The standard InChI is InChI=1S/C12H26N2/c1-4-8-12(9-7-10-13-12)11-14(5-2)6-3/h13H,4-11H2,1-3H3. The number of likely N-dealkylation sites (N-methyl/N-ethyl adjacent to an activating group) is 1. The average molecular weight is 198 g/mol. The van der Waals surface area contributed by atoms with Gasteiger partial charge >= 0.3 is 0 Å². The Balaban J connectivity index is 2.49. The molecule has 0 aromatic carbocycles. The highest BCUT2D eigenvalue weighted by Crippen LogP contribution is 2.25. The molecule has 1 atom stereocenters. The molecule has 1 N–H and O–H groups in total. The summed E-state index contributed by atoms with van der Waals surface area (Å²) in [7, 11) is 0. The van der Waals surface area contributed by atoms with E-state index >= 15 is 0 Å². The zero-order valence-electron chi connectivity index (χ0n) is 10.1. The van der Waals surface area contributed by atoms with Gasteiger partial charge in [-0.3, -0.25) is 0 Å². The van der Waals surface area contributed by atoms with Gasteiger partial charge in [0.15, 0.2) is 0 Å². The van der Waals surface area contributed by atoms with Gasteiger partial charge in [-0.25, -0.2) is 0 Å². The molecular weight excluding hydrogens is 172 g/mol. The minimum absolute atomic E-state index is 0.445. The van der Waals surface area contributed by atoms with Crippen LogP contribution in [0.4, 0.5) is 0 Å². The minimum atomic E-state index is 0.445. The normalized spacial score (nSPS) is 27.4. The van der Waals surface area contributed by atoms with Gasteiger partial charge in [0.1, 0.15) is 0 Å². The van der Waals surface area contributed by atoms with E-state index < -0.39 is 0 Å². The van der Waals surface area contributed by atoms with Gasteiger partial charge in [0.25, 0.3) is 0 Å². The second kappa shape index (κ2) is 5.72. The molecule has 1 aliphatic heterocycles. The van der Waals surface area contributed by atoms with E-state index in [-0.39, 0.29) is 0 Å². The minimum Gasteiger partial charge on any atom is -0.310 e. The van der Waals surface area contributed by atoms with Gasteiger partial charge in [0.05, 0.1) is 0 Å². The fraction of sp³-hybridized carbons (Fsp3) is 1.00. The van der Waals surface area contributed by atoms with Crippen molar-refractivity contribution in [2.24, 2.45) is 0 Å². The highest BCUT2D eigenvalue weighted by atomic mass is 15.2. The maximum absolute atomic E-state index is 3.73. The fourth-order valence-corrected chi connectivity index (χ4v) is 2.65. The monoisotopic (exact) mass is 198 g/mol. The Morgan fingerprint density at radius 1 is 1.21 bits per heavy atom. The second-order valence-electron chi connectivity index (χ2n) is 4.52. The molecule has 1 heterocycles. The van der Waals surface area contributed by atoms with Crippen molar-refractivity contribution >= 4 is 0 Å². The van der Waals surface area contributed by atoms with Crippen LogP contribution in [0.2, 0.25) is 0 Å². The summed E-state index contributed by atoms with van der Waals surface area (Å²) >= 11 is 0. The first-order valence-corrected chi connectivity index (χ1v) is 6.23. The van der Waals surface area contributed by atoms with Crippen LogP contribution in [0, 0.1) is 0 Å². The number of hydrogen-bond donors (Lipinski definition) is 1. The molecule has 84 valence electrons. The average Bonchev–Trinajstić information content (AvgIpc) is 2.64. The quantitative estimate of drug-likeness (QED) is 0.704. The molecule has 14 heavy (non-hydrogen) atoms. The van der Waals surface area contributed by atoms with Gasteiger partial charge in [-0.2, -0.15) is 0 Å². The summed E-state index contributed by atoms with van der Waals surface area (Å²) in [6.45, 7) is 11.7. The van der Waals surface area contributed by atoms with Crippen molar-refractivity contribution in [3.63, 3.8) is 0 Å². The van der Waals surface area contributed by atoms with Gasteiger partial charge in [-0.05, 0) is 38.9 Å². The molecule has 1 aliphatic rings. The third-order valence-corrected chi connectivity index (χ3v) is 3.48. The molecule has 1 unspecified atom stereocenters.